The number of carbonyl (C=O) groups is 2. The highest BCUT2D eigenvalue weighted by Gasteiger charge is 2.21. The van der Waals surface area contributed by atoms with Gasteiger partial charge in [0, 0.05) is 18.0 Å². The normalized spacial score (nSPS) is 14.4. The van der Waals surface area contributed by atoms with Gasteiger partial charge in [0.2, 0.25) is 5.91 Å². The molecule has 0 radical (unpaired) electrons. The van der Waals surface area contributed by atoms with Crippen LogP contribution in [0.3, 0.4) is 0 Å². The zero-order chi connectivity index (χ0) is 15.5. The van der Waals surface area contributed by atoms with E-state index in [0.717, 1.165) is 19.5 Å². The maximum Gasteiger partial charge on any atom is 0.350 e. The van der Waals surface area contributed by atoms with E-state index in [0.29, 0.717) is 17.1 Å². The van der Waals surface area contributed by atoms with Crippen molar-refractivity contribution in [3.8, 4) is 0 Å². The average Bonchev–Trinajstić information content (AvgIpc) is 3.14. The Morgan fingerprint density at radius 2 is 2.14 bits per heavy atom. The molecule has 1 N–H and O–H groups in total. The molecule has 2 aromatic heterocycles. The highest BCUT2D eigenvalue weighted by molar-refractivity contribution is 7.12. The Morgan fingerprint density at radius 3 is 2.95 bits per heavy atom. The summed E-state index contributed by atoms with van der Waals surface area (Å²) >= 11 is 3.04. The Kier molecular flexibility index (Phi) is 4.56. The zero-order valence-electron chi connectivity index (χ0n) is 12.1. The van der Waals surface area contributed by atoms with Crippen LogP contribution in [-0.4, -0.2) is 37.0 Å². The van der Waals surface area contributed by atoms with Gasteiger partial charge in [-0.3, -0.25) is 9.69 Å². The third kappa shape index (κ3) is 3.21. The van der Waals surface area contributed by atoms with Crippen molar-refractivity contribution in [2.24, 2.45) is 0 Å². The number of ether oxygens (including phenoxy) is 1. The summed E-state index contributed by atoms with van der Waals surface area (Å²) in [5.41, 5.74) is 1.84. The van der Waals surface area contributed by atoms with Crippen LogP contribution in [0.25, 0.3) is 0 Å². The fourth-order valence-corrected chi connectivity index (χ4v) is 4.15. The van der Waals surface area contributed by atoms with Gasteiger partial charge in [-0.05, 0) is 34.9 Å². The van der Waals surface area contributed by atoms with Crippen molar-refractivity contribution >= 4 is 40.2 Å². The number of hydrogen-bond acceptors (Lipinski definition) is 6. The molecule has 0 spiro atoms. The maximum atomic E-state index is 12.2. The smallest absolute Gasteiger partial charge is 0.350 e. The average molecular weight is 336 g/mol. The molecule has 0 saturated heterocycles. The van der Waals surface area contributed by atoms with E-state index in [1.54, 1.807) is 22.8 Å². The van der Waals surface area contributed by atoms with Crippen molar-refractivity contribution in [1.82, 2.24) is 4.90 Å². The van der Waals surface area contributed by atoms with Crippen LogP contribution in [-0.2, 0) is 22.5 Å². The first-order valence-electron chi connectivity index (χ1n) is 6.90. The monoisotopic (exact) mass is 336 g/mol. The van der Waals surface area contributed by atoms with Gasteiger partial charge in [-0.1, -0.05) is 0 Å². The van der Waals surface area contributed by atoms with Gasteiger partial charge in [0.15, 0.2) is 0 Å². The quantitative estimate of drug-likeness (QED) is 0.872. The van der Waals surface area contributed by atoms with Crippen LogP contribution < -0.4 is 5.32 Å². The van der Waals surface area contributed by atoms with E-state index in [1.165, 1.54) is 28.9 Å². The topological polar surface area (TPSA) is 58.6 Å². The molecular formula is C15H16N2O3S2. The highest BCUT2D eigenvalue weighted by Crippen LogP contribution is 2.25. The number of carbonyl (C=O) groups excluding carboxylic acids is 2. The van der Waals surface area contributed by atoms with E-state index < -0.39 is 5.97 Å². The second-order valence-corrected chi connectivity index (χ2v) is 6.95. The summed E-state index contributed by atoms with van der Waals surface area (Å²) < 4.78 is 4.71. The molecule has 0 saturated carbocycles. The molecule has 1 aliphatic heterocycles. The summed E-state index contributed by atoms with van der Waals surface area (Å²) in [7, 11) is 1.33. The first-order chi connectivity index (χ1) is 10.7. The summed E-state index contributed by atoms with van der Waals surface area (Å²) in [6, 6.07) is 3.85. The van der Waals surface area contributed by atoms with Crippen molar-refractivity contribution in [1.29, 1.82) is 0 Å². The summed E-state index contributed by atoms with van der Waals surface area (Å²) in [4.78, 5) is 27.8. The summed E-state index contributed by atoms with van der Waals surface area (Å²) in [5.74, 6) is -0.534. The molecule has 2 aromatic rings. The standard InChI is InChI=1S/C15H16N2O3S2/c1-20-15(19)14-11(4-7-22-14)16-13(18)9-17-5-2-12-10(8-17)3-6-21-12/h3-4,6-7H,2,5,8-9H2,1H3,(H,16,18). The zero-order valence-corrected chi connectivity index (χ0v) is 13.8. The van der Waals surface area contributed by atoms with E-state index in [2.05, 4.69) is 21.7 Å². The van der Waals surface area contributed by atoms with Gasteiger partial charge in [0.25, 0.3) is 0 Å². The maximum absolute atomic E-state index is 12.2. The van der Waals surface area contributed by atoms with Crippen LogP contribution in [0.4, 0.5) is 5.69 Å². The molecule has 1 aliphatic rings. The number of fused-ring (bicyclic) bond motifs is 1. The SMILES string of the molecule is COC(=O)c1sccc1NC(=O)CN1CCc2sccc2C1. The minimum Gasteiger partial charge on any atom is -0.465 e. The van der Waals surface area contributed by atoms with Crippen LogP contribution in [0, 0.1) is 0 Å². The van der Waals surface area contributed by atoms with Crippen LogP contribution in [0.1, 0.15) is 20.1 Å². The van der Waals surface area contributed by atoms with Gasteiger partial charge in [-0.2, -0.15) is 0 Å². The predicted octanol–water partition coefficient (Wildman–Crippen LogP) is 2.59. The first kappa shape index (κ1) is 15.2. The number of esters is 1. The minimum absolute atomic E-state index is 0.109. The number of anilines is 1. The van der Waals surface area contributed by atoms with Crippen LogP contribution in [0.2, 0.25) is 0 Å². The number of amides is 1. The largest absolute Gasteiger partial charge is 0.465 e. The van der Waals surface area contributed by atoms with E-state index in [1.807, 2.05) is 0 Å². The lowest BCUT2D eigenvalue weighted by atomic mass is 10.1. The number of hydrogen-bond donors (Lipinski definition) is 1. The first-order valence-corrected chi connectivity index (χ1v) is 8.66. The van der Waals surface area contributed by atoms with Gasteiger partial charge in [0.1, 0.15) is 4.88 Å². The lowest BCUT2D eigenvalue weighted by Crippen LogP contribution is -2.36. The Balaban J connectivity index is 1.60. The van der Waals surface area contributed by atoms with Crippen molar-refractivity contribution < 1.29 is 14.3 Å². The van der Waals surface area contributed by atoms with Gasteiger partial charge in [-0.25, -0.2) is 4.79 Å². The second kappa shape index (κ2) is 6.60. The predicted molar refractivity (Wildman–Crippen MR) is 87.6 cm³/mol. The second-order valence-electron chi connectivity index (χ2n) is 5.03. The molecule has 1 amide bonds. The van der Waals surface area contributed by atoms with Crippen molar-refractivity contribution in [2.45, 2.75) is 13.0 Å². The molecule has 116 valence electrons. The molecular weight excluding hydrogens is 320 g/mol. The van der Waals surface area contributed by atoms with E-state index in [4.69, 9.17) is 4.74 Å². The van der Waals surface area contributed by atoms with Gasteiger partial charge in [-0.15, -0.1) is 22.7 Å². The third-order valence-corrected chi connectivity index (χ3v) is 5.48. The molecule has 22 heavy (non-hydrogen) atoms. The third-order valence-electron chi connectivity index (χ3n) is 3.56. The van der Waals surface area contributed by atoms with Crippen molar-refractivity contribution in [3.05, 3.63) is 38.2 Å². The van der Waals surface area contributed by atoms with E-state index in [-0.39, 0.29) is 5.91 Å². The number of nitrogens with zero attached hydrogens (tertiary/aromatic N) is 1. The fraction of sp³-hybridized carbons (Fsp3) is 0.333. The molecule has 7 heteroatoms. The lowest BCUT2D eigenvalue weighted by molar-refractivity contribution is -0.117. The molecule has 0 unspecified atom stereocenters. The van der Waals surface area contributed by atoms with E-state index in [9.17, 15) is 9.59 Å². The van der Waals surface area contributed by atoms with Crippen molar-refractivity contribution in [2.75, 3.05) is 25.5 Å². The van der Waals surface area contributed by atoms with Gasteiger partial charge < -0.3 is 10.1 Å². The van der Waals surface area contributed by atoms with Crippen molar-refractivity contribution in [3.63, 3.8) is 0 Å². The summed E-state index contributed by atoms with van der Waals surface area (Å²) in [5, 5.41) is 6.67. The molecule has 0 fully saturated rings. The number of methoxy groups -OCH3 is 1. The number of nitrogens with one attached hydrogen (secondary N) is 1. The molecule has 3 heterocycles. The summed E-state index contributed by atoms with van der Waals surface area (Å²) in [6.45, 7) is 2.01. The molecule has 3 rings (SSSR count). The van der Waals surface area contributed by atoms with Gasteiger partial charge in [0.05, 0.1) is 19.3 Å². The molecule has 0 bridgehead atoms. The Hall–Kier alpha value is -1.70. The van der Waals surface area contributed by atoms with Gasteiger partial charge >= 0.3 is 5.97 Å². The minimum atomic E-state index is -0.425. The lowest BCUT2D eigenvalue weighted by Gasteiger charge is -2.26. The van der Waals surface area contributed by atoms with Crippen LogP contribution in [0.5, 0.6) is 0 Å². The Labute approximate surface area is 136 Å². The fourth-order valence-electron chi connectivity index (χ4n) is 2.49. The van der Waals surface area contributed by atoms with Crippen LogP contribution in [0.15, 0.2) is 22.9 Å². The summed E-state index contributed by atoms with van der Waals surface area (Å²) in [6.07, 6.45) is 0.992. The number of rotatable bonds is 4. The molecule has 0 aromatic carbocycles. The molecule has 0 aliphatic carbocycles. The van der Waals surface area contributed by atoms with E-state index >= 15 is 0 Å². The van der Waals surface area contributed by atoms with Crippen LogP contribution >= 0.6 is 22.7 Å². The Bertz CT molecular complexity index is 693. The highest BCUT2D eigenvalue weighted by atomic mass is 32.1. The Morgan fingerprint density at radius 1 is 1.32 bits per heavy atom. The number of thiophene rings is 2. The molecule has 5 nitrogen and oxygen atoms in total. The molecule has 0 atom stereocenters.